The van der Waals surface area contributed by atoms with Crippen LogP contribution in [-0.2, 0) is 6.54 Å². The van der Waals surface area contributed by atoms with Crippen molar-refractivity contribution in [2.45, 2.75) is 6.54 Å². The maximum Gasteiger partial charge on any atom is 0.263 e. The zero-order valence-electron chi connectivity index (χ0n) is 11.3. The SMILES string of the molecule is COc1cccc2sc(C(=O)NCc3ccno3)c(N)c12. The third-order valence-corrected chi connectivity index (χ3v) is 4.22. The number of ether oxygens (including phenoxy) is 1. The van der Waals surface area contributed by atoms with E-state index in [1.54, 1.807) is 13.2 Å². The van der Waals surface area contributed by atoms with Crippen LogP contribution in [0.1, 0.15) is 15.4 Å². The Kier molecular flexibility index (Phi) is 3.49. The number of amides is 1. The molecular formula is C14H13N3O3S. The van der Waals surface area contributed by atoms with Crippen molar-refractivity contribution in [1.29, 1.82) is 0 Å². The predicted molar refractivity (Wildman–Crippen MR) is 80.5 cm³/mol. The summed E-state index contributed by atoms with van der Waals surface area (Å²) in [6.07, 6.45) is 1.53. The molecule has 0 aliphatic heterocycles. The Hall–Kier alpha value is -2.54. The van der Waals surface area contributed by atoms with Crippen molar-refractivity contribution in [2.75, 3.05) is 12.8 Å². The first kappa shape index (κ1) is 13.4. The first-order chi connectivity index (χ1) is 10.2. The summed E-state index contributed by atoms with van der Waals surface area (Å²) in [7, 11) is 1.58. The molecule has 2 heterocycles. The average molecular weight is 303 g/mol. The van der Waals surface area contributed by atoms with E-state index in [0.717, 1.165) is 10.1 Å². The quantitative estimate of drug-likeness (QED) is 0.772. The second kappa shape index (κ2) is 5.45. The molecule has 0 fully saturated rings. The molecule has 3 rings (SSSR count). The van der Waals surface area contributed by atoms with E-state index in [0.29, 0.717) is 22.1 Å². The molecule has 0 atom stereocenters. The molecule has 108 valence electrons. The molecule has 0 radical (unpaired) electrons. The lowest BCUT2D eigenvalue weighted by atomic mass is 10.2. The van der Waals surface area contributed by atoms with Crippen molar-refractivity contribution in [3.63, 3.8) is 0 Å². The van der Waals surface area contributed by atoms with Crippen LogP contribution in [0.5, 0.6) is 5.75 Å². The van der Waals surface area contributed by atoms with Gasteiger partial charge in [0, 0.05) is 10.8 Å². The van der Waals surface area contributed by atoms with E-state index in [9.17, 15) is 4.79 Å². The molecule has 21 heavy (non-hydrogen) atoms. The van der Waals surface area contributed by atoms with E-state index in [2.05, 4.69) is 10.5 Å². The second-order valence-corrected chi connectivity index (χ2v) is 5.39. The molecule has 0 bridgehead atoms. The third kappa shape index (κ3) is 2.43. The Morgan fingerprint density at radius 2 is 2.33 bits per heavy atom. The summed E-state index contributed by atoms with van der Waals surface area (Å²) in [6, 6.07) is 7.29. The van der Waals surface area contributed by atoms with Gasteiger partial charge in [0.1, 0.15) is 10.6 Å². The van der Waals surface area contributed by atoms with Crippen molar-refractivity contribution in [1.82, 2.24) is 10.5 Å². The van der Waals surface area contributed by atoms with Gasteiger partial charge in [-0.05, 0) is 12.1 Å². The number of rotatable bonds is 4. The van der Waals surface area contributed by atoms with Crippen LogP contribution in [0.25, 0.3) is 10.1 Å². The van der Waals surface area contributed by atoms with Crippen molar-refractivity contribution in [3.05, 3.63) is 41.1 Å². The minimum atomic E-state index is -0.243. The fraction of sp³-hybridized carbons (Fsp3) is 0.143. The monoisotopic (exact) mass is 303 g/mol. The number of hydrogen-bond donors (Lipinski definition) is 2. The molecule has 6 nitrogen and oxygen atoms in total. The maximum absolute atomic E-state index is 12.2. The van der Waals surface area contributed by atoms with Crippen LogP contribution in [0.3, 0.4) is 0 Å². The van der Waals surface area contributed by atoms with Gasteiger partial charge in [-0.3, -0.25) is 4.79 Å². The lowest BCUT2D eigenvalue weighted by Crippen LogP contribution is -2.22. The average Bonchev–Trinajstić information content (AvgIpc) is 3.13. The summed E-state index contributed by atoms with van der Waals surface area (Å²) in [4.78, 5) is 12.7. The number of methoxy groups -OCH3 is 1. The third-order valence-electron chi connectivity index (χ3n) is 3.05. The van der Waals surface area contributed by atoms with Gasteiger partial charge in [-0.1, -0.05) is 11.2 Å². The van der Waals surface area contributed by atoms with Crippen molar-refractivity contribution in [3.8, 4) is 5.75 Å². The summed E-state index contributed by atoms with van der Waals surface area (Å²) in [6.45, 7) is 0.268. The number of benzene rings is 1. The van der Waals surface area contributed by atoms with Crippen molar-refractivity contribution in [2.24, 2.45) is 0 Å². The van der Waals surface area contributed by atoms with Crippen LogP contribution in [0, 0.1) is 0 Å². The minimum Gasteiger partial charge on any atom is -0.496 e. The van der Waals surface area contributed by atoms with E-state index in [4.69, 9.17) is 15.0 Å². The number of anilines is 1. The first-order valence-corrected chi connectivity index (χ1v) is 7.05. The van der Waals surface area contributed by atoms with Gasteiger partial charge in [0.05, 0.1) is 30.9 Å². The summed E-state index contributed by atoms with van der Waals surface area (Å²) in [5.41, 5.74) is 6.53. The normalized spacial score (nSPS) is 10.7. The zero-order valence-corrected chi connectivity index (χ0v) is 12.1. The highest BCUT2D eigenvalue weighted by molar-refractivity contribution is 7.21. The Morgan fingerprint density at radius 3 is 3.05 bits per heavy atom. The zero-order chi connectivity index (χ0) is 14.8. The van der Waals surface area contributed by atoms with Crippen LogP contribution in [0.15, 0.2) is 35.0 Å². The van der Waals surface area contributed by atoms with Gasteiger partial charge in [-0.25, -0.2) is 0 Å². The number of nitrogen functional groups attached to an aromatic ring is 1. The van der Waals surface area contributed by atoms with Gasteiger partial charge in [-0.15, -0.1) is 11.3 Å². The van der Waals surface area contributed by atoms with Gasteiger partial charge in [0.25, 0.3) is 5.91 Å². The van der Waals surface area contributed by atoms with Gasteiger partial charge in [-0.2, -0.15) is 0 Å². The second-order valence-electron chi connectivity index (χ2n) is 4.34. The summed E-state index contributed by atoms with van der Waals surface area (Å²) < 4.78 is 11.1. The number of nitrogens with zero attached hydrogens (tertiary/aromatic N) is 1. The number of carbonyl (C=O) groups excluding carboxylic acids is 1. The van der Waals surface area contributed by atoms with Crippen LogP contribution >= 0.6 is 11.3 Å². The van der Waals surface area contributed by atoms with E-state index in [-0.39, 0.29) is 12.5 Å². The van der Waals surface area contributed by atoms with E-state index >= 15 is 0 Å². The van der Waals surface area contributed by atoms with Crippen LogP contribution in [0.2, 0.25) is 0 Å². The van der Waals surface area contributed by atoms with Crippen LogP contribution in [-0.4, -0.2) is 18.2 Å². The number of nitrogens with two attached hydrogens (primary N) is 1. The molecule has 1 amide bonds. The Bertz CT molecular complexity index is 780. The Labute approximate surface area is 124 Å². The predicted octanol–water partition coefficient (Wildman–Crippen LogP) is 2.41. The fourth-order valence-corrected chi connectivity index (χ4v) is 3.12. The highest BCUT2D eigenvalue weighted by Crippen LogP contribution is 2.39. The van der Waals surface area contributed by atoms with E-state index in [1.807, 2.05) is 18.2 Å². The van der Waals surface area contributed by atoms with Gasteiger partial charge >= 0.3 is 0 Å². The lowest BCUT2D eigenvalue weighted by Gasteiger charge is -2.03. The number of nitrogens with one attached hydrogen (secondary N) is 1. The van der Waals surface area contributed by atoms with Gasteiger partial charge < -0.3 is 20.3 Å². The number of fused-ring (bicyclic) bond motifs is 1. The molecule has 3 N–H and O–H groups in total. The largest absolute Gasteiger partial charge is 0.496 e. The Balaban J connectivity index is 1.89. The van der Waals surface area contributed by atoms with Gasteiger partial charge in [0.15, 0.2) is 5.76 Å². The molecule has 0 spiro atoms. The maximum atomic E-state index is 12.2. The van der Waals surface area contributed by atoms with Crippen molar-refractivity contribution >= 4 is 33.0 Å². The summed E-state index contributed by atoms with van der Waals surface area (Å²) in [5.74, 6) is 1.00. The highest BCUT2D eigenvalue weighted by atomic mass is 32.1. The first-order valence-electron chi connectivity index (χ1n) is 6.23. The molecule has 3 aromatic rings. The number of thiophene rings is 1. The van der Waals surface area contributed by atoms with Crippen LogP contribution in [0.4, 0.5) is 5.69 Å². The summed E-state index contributed by atoms with van der Waals surface area (Å²) >= 11 is 1.34. The lowest BCUT2D eigenvalue weighted by molar-refractivity contribution is 0.0952. The van der Waals surface area contributed by atoms with E-state index < -0.39 is 0 Å². The fourth-order valence-electron chi connectivity index (χ4n) is 2.06. The number of hydrogen-bond acceptors (Lipinski definition) is 6. The molecule has 7 heteroatoms. The van der Waals surface area contributed by atoms with Crippen LogP contribution < -0.4 is 15.8 Å². The molecule has 0 aliphatic rings. The minimum absolute atomic E-state index is 0.243. The number of aromatic nitrogens is 1. The number of carbonyl (C=O) groups is 1. The highest BCUT2D eigenvalue weighted by Gasteiger charge is 2.18. The van der Waals surface area contributed by atoms with Crippen molar-refractivity contribution < 1.29 is 14.1 Å². The van der Waals surface area contributed by atoms with E-state index in [1.165, 1.54) is 17.5 Å². The summed E-state index contributed by atoms with van der Waals surface area (Å²) in [5, 5.41) is 7.11. The Morgan fingerprint density at radius 1 is 1.48 bits per heavy atom. The molecule has 0 saturated heterocycles. The standard InChI is InChI=1S/C14H13N3O3S/c1-19-9-3-2-4-10-11(9)12(15)13(21-10)14(18)16-7-8-5-6-17-20-8/h2-6H,7,15H2,1H3,(H,16,18). The molecule has 2 aromatic heterocycles. The topological polar surface area (TPSA) is 90.4 Å². The smallest absolute Gasteiger partial charge is 0.263 e. The molecule has 0 saturated carbocycles. The molecule has 1 aromatic carbocycles. The molecule has 0 aliphatic carbocycles. The molecule has 0 unspecified atom stereocenters. The van der Waals surface area contributed by atoms with Gasteiger partial charge in [0.2, 0.25) is 0 Å². The molecular weight excluding hydrogens is 290 g/mol.